The van der Waals surface area contributed by atoms with Gasteiger partial charge in [0.05, 0.1) is 5.38 Å². The van der Waals surface area contributed by atoms with Gasteiger partial charge >= 0.3 is 0 Å². The predicted molar refractivity (Wildman–Crippen MR) is 82.4 cm³/mol. The standard InChI is InChI=1S/C16H16BrCl/c1-11-4-3-5-13(8-11)10-16(18)15-7-6-14(17)9-12(15)2/h3-9,16H,10H2,1-2H3. The van der Waals surface area contributed by atoms with E-state index in [-0.39, 0.29) is 5.38 Å². The lowest BCUT2D eigenvalue weighted by Crippen LogP contribution is -1.98. The summed E-state index contributed by atoms with van der Waals surface area (Å²) in [6.07, 6.45) is 0.867. The highest BCUT2D eigenvalue weighted by molar-refractivity contribution is 9.10. The van der Waals surface area contributed by atoms with Gasteiger partial charge in [0.15, 0.2) is 0 Å². The molecule has 0 fully saturated rings. The number of alkyl halides is 1. The molecule has 0 nitrogen and oxygen atoms in total. The first-order valence-electron chi connectivity index (χ1n) is 6.02. The molecule has 0 aliphatic heterocycles. The second-order valence-corrected chi connectivity index (χ2v) is 6.10. The first-order chi connectivity index (χ1) is 8.56. The summed E-state index contributed by atoms with van der Waals surface area (Å²) in [5.74, 6) is 0. The molecule has 1 unspecified atom stereocenters. The predicted octanol–water partition coefficient (Wildman–Crippen LogP) is 5.59. The van der Waals surface area contributed by atoms with Gasteiger partial charge in [0, 0.05) is 4.47 Å². The molecule has 0 radical (unpaired) electrons. The van der Waals surface area contributed by atoms with Gasteiger partial charge in [0.2, 0.25) is 0 Å². The maximum Gasteiger partial charge on any atom is 0.0628 e. The van der Waals surface area contributed by atoms with Crippen LogP contribution in [0.25, 0.3) is 0 Å². The molecule has 94 valence electrons. The highest BCUT2D eigenvalue weighted by atomic mass is 79.9. The van der Waals surface area contributed by atoms with Crippen molar-refractivity contribution in [2.24, 2.45) is 0 Å². The molecule has 2 heteroatoms. The van der Waals surface area contributed by atoms with Gasteiger partial charge in [-0.3, -0.25) is 0 Å². The zero-order chi connectivity index (χ0) is 13.1. The van der Waals surface area contributed by atoms with Crippen LogP contribution < -0.4 is 0 Å². The summed E-state index contributed by atoms with van der Waals surface area (Å²) in [4.78, 5) is 0. The molecule has 0 aliphatic rings. The van der Waals surface area contributed by atoms with E-state index in [4.69, 9.17) is 11.6 Å². The molecule has 2 aromatic carbocycles. The van der Waals surface area contributed by atoms with Gasteiger partial charge in [0.25, 0.3) is 0 Å². The van der Waals surface area contributed by atoms with Crippen LogP contribution >= 0.6 is 27.5 Å². The zero-order valence-electron chi connectivity index (χ0n) is 10.6. The van der Waals surface area contributed by atoms with Crippen LogP contribution in [0.15, 0.2) is 46.9 Å². The van der Waals surface area contributed by atoms with Crippen molar-refractivity contribution in [3.05, 3.63) is 69.2 Å². The molecule has 18 heavy (non-hydrogen) atoms. The minimum Gasteiger partial charge on any atom is -0.117 e. The van der Waals surface area contributed by atoms with Crippen LogP contribution in [0, 0.1) is 13.8 Å². The lowest BCUT2D eigenvalue weighted by atomic mass is 9.99. The Morgan fingerprint density at radius 2 is 1.89 bits per heavy atom. The molecular weight excluding hydrogens is 308 g/mol. The number of hydrogen-bond acceptors (Lipinski definition) is 0. The Kier molecular flexibility index (Phi) is 4.47. The van der Waals surface area contributed by atoms with Gasteiger partial charge in [0.1, 0.15) is 0 Å². The minimum atomic E-state index is 0.0277. The number of aryl methyl sites for hydroxylation is 2. The zero-order valence-corrected chi connectivity index (χ0v) is 12.9. The van der Waals surface area contributed by atoms with Gasteiger partial charge in [-0.25, -0.2) is 0 Å². The van der Waals surface area contributed by atoms with Crippen molar-refractivity contribution in [1.29, 1.82) is 0 Å². The largest absolute Gasteiger partial charge is 0.117 e. The molecule has 0 aliphatic carbocycles. The van der Waals surface area contributed by atoms with E-state index in [1.165, 1.54) is 22.3 Å². The maximum absolute atomic E-state index is 6.54. The first-order valence-corrected chi connectivity index (χ1v) is 7.25. The molecule has 0 bridgehead atoms. The third-order valence-corrected chi connectivity index (χ3v) is 3.95. The molecule has 2 rings (SSSR count). The Balaban J connectivity index is 2.19. The van der Waals surface area contributed by atoms with E-state index in [1.807, 2.05) is 6.07 Å². The molecule has 0 saturated carbocycles. The summed E-state index contributed by atoms with van der Waals surface area (Å²) < 4.78 is 1.10. The van der Waals surface area contributed by atoms with E-state index >= 15 is 0 Å². The van der Waals surface area contributed by atoms with E-state index < -0.39 is 0 Å². The lowest BCUT2D eigenvalue weighted by Gasteiger charge is -2.13. The minimum absolute atomic E-state index is 0.0277. The van der Waals surface area contributed by atoms with Gasteiger partial charge < -0.3 is 0 Å². The number of rotatable bonds is 3. The van der Waals surface area contributed by atoms with Crippen molar-refractivity contribution in [2.45, 2.75) is 25.6 Å². The fourth-order valence-electron chi connectivity index (χ4n) is 2.15. The second-order valence-electron chi connectivity index (χ2n) is 4.66. The van der Waals surface area contributed by atoms with Crippen LogP contribution in [-0.4, -0.2) is 0 Å². The Bertz CT molecular complexity index is 549. The first kappa shape index (κ1) is 13.6. The van der Waals surface area contributed by atoms with Crippen LogP contribution in [0.2, 0.25) is 0 Å². The highest BCUT2D eigenvalue weighted by Crippen LogP contribution is 2.29. The van der Waals surface area contributed by atoms with Gasteiger partial charge in [-0.1, -0.05) is 51.8 Å². The van der Waals surface area contributed by atoms with Gasteiger partial charge in [-0.2, -0.15) is 0 Å². The van der Waals surface area contributed by atoms with Crippen molar-refractivity contribution in [3.63, 3.8) is 0 Å². The highest BCUT2D eigenvalue weighted by Gasteiger charge is 2.11. The summed E-state index contributed by atoms with van der Waals surface area (Å²) >= 11 is 10.0. The smallest absolute Gasteiger partial charge is 0.0628 e. The third kappa shape index (κ3) is 3.37. The molecular formula is C16H16BrCl. The molecule has 0 amide bonds. The summed E-state index contributed by atoms with van der Waals surface area (Å²) in [5.41, 5.74) is 5.01. The normalized spacial score (nSPS) is 12.4. The van der Waals surface area contributed by atoms with E-state index in [2.05, 4.69) is 66.2 Å². The van der Waals surface area contributed by atoms with Gasteiger partial charge in [-0.15, -0.1) is 11.6 Å². The van der Waals surface area contributed by atoms with Crippen molar-refractivity contribution in [3.8, 4) is 0 Å². The van der Waals surface area contributed by atoms with Crippen molar-refractivity contribution >= 4 is 27.5 Å². The Hall–Kier alpha value is -0.790. The second kappa shape index (κ2) is 5.90. The molecule has 0 N–H and O–H groups in total. The molecule has 1 atom stereocenters. The van der Waals surface area contributed by atoms with E-state index in [9.17, 15) is 0 Å². The van der Waals surface area contributed by atoms with E-state index in [0.29, 0.717) is 0 Å². The number of halogens is 2. The lowest BCUT2D eigenvalue weighted by molar-refractivity contribution is 0.908. The number of benzene rings is 2. The average molecular weight is 324 g/mol. The summed E-state index contributed by atoms with van der Waals surface area (Å²) in [6, 6.07) is 14.8. The van der Waals surface area contributed by atoms with Crippen LogP contribution in [0.5, 0.6) is 0 Å². The van der Waals surface area contributed by atoms with Crippen molar-refractivity contribution in [2.75, 3.05) is 0 Å². The quantitative estimate of drug-likeness (QED) is 0.646. The van der Waals surface area contributed by atoms with E-state index in [1.54, 1.807) is 0 Å². The van der Waals surface area contributed by atoms with Crippen LogP contribution in [0.3, 0.4) is 0 Å². The summed E-state index contributed by atoms with van der Waals surface area (Å²) in [5, 5.41) is 0.0277. The monoisotopic (exact) mass is 322 g/mol. The molecule has 0 saturated heterocycles. The molecule has 2 aromatic rings. The Morgan fingerprint density at radius 3 is 2.56 bits per heavy atom. The molecule has 0 heterocycles. The van der Waals surface area contributed by atoms with Crippen LogP contribution in [-0.2, 0) is 6.42 Å². The third-order valence-electron chi connectivity index (χ3n) is 3.07. The SMILES string of the molecule is Cc1cccc(CC(Cl)c2ccc(Br)cc2C)c1. The van der Waals surface area contributed by atoms with Crippen LogP contribution in [0.1, 0.15) is 27.6 Å². The number of hydrogen-bond donors (Lipinski definition) is 0. The summed E-state index contributed by atoms with van der Waals surface area (Å²) in [7, 11) is 0. The Morgan fingerprint density at radius 1 is 1.11 bits per heavy atom. The van der Waals surface area contributed by atoms with Crippen LogP contribution in [0.4, 0.5) is 0 Å². The average Bonchev–Trinajstić information content (AvgIpc) is 2.28. The van der Waals surface area contributed by atoms with Crippen molar-refractivity contribution in [1.82, 2.24) is 0 Å². The van der Waals surface area contributed by atoms with Gasteiger partial charge in [-0.05, 0) is 49.1 Å². The van der Waals surface area contributed by atoms with Crippen molar-refractivity contribution < 1.29 is 0 Å². The fourth-order valence-corrected chi connectivity index (χ4v) is 3.05. The fraction of sp³-hybridized carbons (Fsp3) is 0.250. The topological polar surface area (TPSA) is 0 Å². The Labute approximate surface area is 122 Å². The molecule has 0 aromatic heterocycles. The van der Waals surface area contributed by atoms with E-state index in [0.717, 1.165) is 10.9 Å². The maximum atomic E-state index is 6.54. The summed E-state index contributed by atoms with van der Waals surface area (Å²) in [6.45, 7) is 4.21. The molecule has 0 spiro atoms.